The summed E-state index contributed by atoms with van der Waals surface area (Å²) in [6.07, 6.45) is 5.18. The molecule has 2 aliphatic heterocycles. The zero-order valence-electron chi connectivity index (χ0n) is 15.0. The minimum absolute atomic E-state index is 0.00230. The van der Waals surface area contributed by atoms with Gasteiger partial charge in [-0.05, 0) is 49.2 Å². The summed E-state index contributed by atoms with van der Waals surface area (Å²) >= 11 is 0. The highest BCUT2D eigenvalue weighted by Gasteiger charge is 2.42. The first-order valence-electron chi connectivity index (χ1n) is 9.11. The number of hydrogen-bond donors (Lipinski definition) is 1. The second kappa shape index (κ2) is 5.70. The Bertz CT molecular complexity index is 1030. The first kappa shape index (κ1) is 16.1. The molecule has 2 aromatic heterocycles. The minimum atomic E-state index is -0.298. The number of likely N-dealkylation sites (tertiary alicyclic amines) is 1. The molecule has 4 heterocycles. The fourth-order valence-electron chi connectivity index (χ4n) is 4.34. The van der Waals surface area contributed by atoms with Crippen molar-refractivity contribution in [3.8, 4) is 5.69 Å². The first-order valence-corrected chi connectivity index (χ1v) is 9.11. The lowest BCUT2D eigenvalue weighted by atomic mass is 9.82. The van der Waals surface area contributed by atoms with E-state index in [0.717, 1.165) is 29.9 Å². The maximum absolute atomic E-state index is 13.8. The average molecular weight is 365 g/mol. The van der Waals surface area contributed by atoms with Crippen molar-refractivity contribution in [3.05, 3.63) is 66.0 Å². The van der Waals surface area contributed by atoms with Crippen molar-refractivity contribution in [3.63, 3.8) is 0 Å². The van der Waals surface area contributed by atoms with Crippen LogP contribution < -0.4 is 5.32 Å². The second-order valence-corrected chi connectivity index (χ2v) is 7.26. The molecule has 2 aliphatic rings. The van der Waals surface area contributed by atoms with E-state index in [4.69, 9.17) is 0 Å². The molecule has 27 heavy (non-hydrogen) atoms. The van der Waals surface area contributed by atoms with Gasteiger partial charge in [0.15, 0.2) is 0 Å². The molecule has 0 saturated carbocycles. The number of carbonyl (C=O) groups excluding carboxylic acids is 1. The Kier molecular flexibility index (Phi) is 3.40. The smallest absolute Gasteiger partial charge is 0.272 e. The minimum Gasteiger partial charge on any atom is -0.372 e. The van der Waals surface area contributed by atoms with Gasteiger partial charge in [-0.1, -0.05) is 0 Å². The lowest BCUT2D eigenvalue weighted by molar-refractivity contribution is 0.0665. The number of halogens is 1. The van der Waals surface area contributed by atoms with E-state index < -0.39 is 0 Å². The highest BCUT2D eigenvalue weighted by Crippen LogP contribution is 2.43. The summed E-state index contributed by atoms with van der Waals surface area (Å²) in [5, 5.41) is 7.67. The molecule has 1 saturated heterocycles. The van der Waals surface area contributed by atoms with Crippen LogP contribution in [-0.2, 0) is 12.6 Å². The molecule has 1 amide bonds. The van der Waals surface area contributed by atoms with Crippen LogP contribution in [0.15, 0.2) is 48.8 Å². The Balaban J connectivity index is 1.44. The van der Waals surface area contributed by atoms with Gasteiger partial charge in [-0.3, -0.25) is 9.48 Å². The summed E-state index contributed by atoms with van der Waals surface area (Å²) in [5.74, 6) is -0.252. The van der Waals surface area contributed by atoms with Gasteiger partial charge in [-0.25, -0.2) is 4.39 Å². The largest absolute Gasteiger partial charge is 0.372 e. The number of rotatable bonds is 1. The van der Waals surface area contributed by atoms with Gasteiger partial charge in [0.1, 0.15) is 11.5 Å². The molecule has 0 bridgehead atoms. The normalized spacial score (nSPS) is 17.3. The maximum Gasteiger partial charge on any atom is 0.272 e. The Hall–Kier alpha value is -3.09. The number of hydrogen-bond acceptors (Lipinski definition) is 3. The predicted octanol–water partition coefficient (Wildman–Crippen LogP) is 2.91. The number of amides is 1. The number of benzene rings is 1. The Morgan fingerprint density at radius 2 is 2.04 bits per heavy atom. The van der Waals surface area contributed by atoms with Crippen LogP contribution in [0.2, 0.25) is 0 Å². The van der Waals surface area contributed by atoms with Crippen LogP contribution in [0.5, 0.6) is 0 Å². The van der Waals surface area contributed by atoms with Crippen LogP contribution >= 0.6 is 0 Å². The lowest BCUT2D eigenvalue weighted by Gasteiger charge is -2.46. The number of nitrogens with one attached hydrogen (secondary N) is 1. The van der Waals surface area contributed by atoms with Crippen molar-refractivity contribution >= 4 is 11.6 Å². The number of anilines is 1. The fourth-order valence-corrected chi connectivity index (χ4v) is 4.34. The van der Waals surface area contributed by atoms with Crippen LogP contribution in [0.4, 0.5) is 10.1 Å². The van der Waals surface area contributed by atoms with Gasteiger partial charge < -0.3 is 14.8 Å². The van der Waals surface area contributed by atoms with E-state index in [1.54, 1.807) is 36.1 Å². The van der Waals surface area contributed by atoms with E-state index in [2.05, 4.69) is 21.0 Å². The van der Waals surface area contributed by atoms with Gasteiger partial charge in [0, 0.05) is 38.2 Å². The van der Waals surface area contributed by atoms with Gasteiger partial charge in [-0.2, -0.15) is 5.10 Å². The monoisotopic (exact) mass is 365 g/mol. The first-order chi connectivity index (χ1) is 13.1. The van der Waals surface area contributed by atoms with Crippen molar-refractivity contribution in [2.45, 2.75) is 18.4 Å². The Morgan fingerprint density at radius 3 is 2.78 bits per heavy atom. The molecule has 1 spiro atoms. The van der Waals surface area contributed by atoms with Crippen molar-refractivity contribution in [1.82, 2.24) is 19.2 Å². The van der Waals surface area contributed by atoms with E-state index in [-0.39, 0.29) is 17.3 Å². The van der Waals surface area contributed by atoms with E-state index in [1.165, 1.54) is 6.07 Å². The Labute approximate surface area is 156 Å². The molecular formula is C20H20FN5O. The van der Waals surface area contributed by atoms with E-state index in [1.807, 2.05) is 17.2 Å². The highest BCUT2D eigenvalue weighted by atomic mass is 19.1. The summed E-state index contributed by atoms with van der Waals surface area (Å²) in [6.45, 7) is 1.26. The molecule has 0 unspecified atom stereocenters. The third-order valence-corrected chi connectivity index (χ3v) is 5.78. The van der Waals surface area contributed by atoms with Gasteiger partial charge in [0.2, 0.25) is 0 Å². The number of aryl methyl sites for hydroxylation is 1. The average Bonchev–Trinajstić information content (AvgIpc) is 3.31. The SMILES string of the molecule is Cn1nccc1C(=O)N1CCC2(CC1)Nc1cc(F)ccc1-n1cccc12. The van der Waals surface area contributed by atoms with Gasteiger partial charge in [-0.15, -0.1) is 0 Å². The molecule has 3 aromatic rings. The standard InChI is InChI=1S/C20H20FN5O/c1-24-17(6-9-22-24)19(27)25-11-7-20(8-12-25)18-3-2-10-26(18)16-5-4-14(21)13-15(16)23-20/h2-6,9-10,13,23H,7-8,11-12H2,1H3. The zero-order valence-corrected chi connectivity index (χ0v) is 15.0. The zero-order chi connectivity index (χ0) is 18.6. The molecule has 6 nitrogen and oxygen atoms in total. The molecule has 0 aliphatic carbocycles. The van der Waals surface area contributed by atoms with Crippen molar-refractivity contribution in [2.75, 3.05) is 18.4 Å². The lowest BCUT2D eigenvalue weighted by Crippen LogP contribution is -2.51. The summed E-state index contributed by atoms with van der Waals surface area (Å²) in [6, 6.07) is 10.7. The van der Waals surface area contributed by atoms with Crippen LogP contribution in [0.3, 0.4) is 0 Å². The molecule has 138 valence electrons. The quantitative estimate of drug-likeness (QED) is 0.721. The number of nitrogens with zero attached hydrogens (tertiary/aromatic N) is 4. The third-order valence-electron chi connectivity index (χ3n) is 5.78. The maximum atomic E-state index is 13.8. The fraction of sp³-hybridized carbons (Fsp3) is 0.300. The topological polar surface area (TPSA) is 55.1 Å². The predicted molar refractivity (Wildman–Crippen MR) is 99.4 cm³/mol. The molecule has 0 radical (unpaired) electrons. The number of piperidine rings is 1. The molecule has 1 fully saturated rings. The third kappa shape index (κ3) is 2.38. The van der Waals surface area contributed by atoms with E-state index >= 15 is 0 Å². The van der Waals surface area contributed by atoms with E-state index in [9.17, 15) is 9.18 Å². The van der Waals surface area contributed by atoms with Crippen LogP contribution in [-0.4, -0.2) is 38.2 Å². The number of fused-ring (bicyclic) bond motifs is 4. The summed E-state index contributed by atoms with van der Waals surface area (Å²) < 4.78 is 17.5. The van der Waals surface area contributed by atoms with Crippen LogP contribution in [0.25, 0.3) is 5.69 Å². The van der Waals surface area contributed by atoms with Gasteiger partial charge in [0.25, 0.3) is 5.91 Å². The molecule has 0 atom stereocenters. The van der Waals surface area contributed by atoms with Gasteiger partial charge in [0.05, 0.1) is 16.9 Å². The van der Waals surface area contributed by atoms with Crippen molar-refractivity contribution in [2.24, 2.45) is 7.05 Å². The van der Waals surface area contributed by atoms with Crippen LogP contribution in [0, 0.1) is 5.82 Å². The van der Waals surface area contributed by atoms with Crippen LogP contribution in [0.1, 0.15) is 29.0 Å². The van der Waals surface area contributed by atoms with Crippen molar-refractivity contribution in [1.29, 1.82) is 0 Å². The molecule has 1 aromatic carbocycles. The molecule has 7 heteroatoms. The van der Waals surface area contributed by atoms with Crippen molar-refractivity contribution < 1.29 is 9.18 Å². The number of carbonyl (C=O) groups is 1. The van der Waals surface area contributed by atoms with E-state index in [0.29, 0.717) is 18.8 Å². The Morgan fingerprint density at radius 1 is 1.22 bits per heavy atom. The molecule has 5 rings (SSSR count). The summed E-state index contributed by atoms with van der Waals surface area (Å²) in [7, 11) is 1.78. The highest BCUT2D eigenvalue weighted by molar-refractivity contribution is 5.92. The number of aromatic nitrogens is 3. The van der Waals surface area contributed by atoms with Gasteiger partial charge >= 0.3 is 0 Å². The summed E-state index contributed by atoms with van der Waals surface area (Å²) in [4.78, 5) is 14.7. The second-order valence-electron chi connectivity index (χ2n) is 7.26. The summed E-state index contributed by atoms with van der Waals surface area (Å²) in [5.41, 5.74) is 3.21. The molecule has 1 N–H and O–H groups in total. The molecular weight excluding hydrogens is 345 g/mol.